The third kappa shape index (κ3) is 11.1. The predicted molar refractivity (Wildman–Crippen MR) is 114 cm³/mol. The topological polar surface area (TPSA) is 57.5 Å². The Morgan fingerprint density at radius 1 is 0.926 bits per heavy atom. The van der Waals surface area contributed by atoms with Gasteiger partial charge in [-0.25, -0.2) is 0 Å². The van der Waals surface area contributed by atoms with Gasteiger partial charge in [0.05, 0.1) is 6.10 Å². The highest BCUT2D eigenvalue weighted by Crippen LogP contribution is 2.44. The molecule has 1 fully saturated rings. The lowest BCUT2D eigenvalue weighted by Crippen LogP contribution is -2.37. The number of rotatable bonds is 15. The quantitative estimate of drug-likeness (QED) is 0.301. The summed E-state index contributed by atoms with van der Waals surface area (Å²) in [7, 11) is 0. The molecule has 0 radical (unpaired) electrons. The van der Waals surface area contributed by atoms with Crippen molar-refractivity contribution in [2.45, 2.75) is 130 Å². The molecular formula is C24H46O3. The molecule has 0 aromatic carbocycles. The van der Waals surface area contributed by atoms with Crippen molar-refractivity contribution in [1.29, 1.82) is 0 Å². The fourth-order valence-corrected chi connectivity index (χ4v) is 4.89. The molecule has 0 amide bonds. The number of carboxylic acids is 1. The second-order valence-electron chi connectivity index (χ2n) is 9.81. The SMILES string of the molecule is CC(C)C1CCC(C)(CCCCCCCCCCCCCC(=O)O)CC1O. The fourth-order valence-electron chi connectivity index (χ4n) is 4.89. The molecule has 1 aliphatic rings. The lowest BCUT2D eigenvalue weighted by Gasteiger charge is -2.42. The van der Waals surface area contributed by atoms with Crippen LogP contribution in [0.15, 0.2) is 0 Å². The standard InChI is InChI=1S/C24H46O3/c1-20(2)21-16-18-24(3,19-22(21)25)17-14-12-10-8-6-4-5-7-9-11-13-15-23(26)27/h20-22,25H,4-19H2,1-3H3,(H,26,27). The molecule has 3 nitrogen and oxygen atoms in total. The van der Waals surface area contributed by atoms with Crippen molar-refractivity contribution in [2.75, 3.05) is 0 Å². The van der Waals surface area contributed by atoms with Gasteiger partial charge >= 0.3 is 5.97 Å². The van der Waals surface area contributed by atoms with Crippen LogP contribution in [0.5, 0.6) is 0 Å². The van der Waals surface area contributed by atoms with Crippen molar-refractivity contribution in [2.24, 2.45) is 17.3 Å². The average Bonchev–Trinajstić information content (AvgIpc) is 2.58. The molecule has 1 rings (SSSR count). The Hall–Kier alpha value is -0.570. The van der Waals surface area contributed by atoms with Gasteiger partial charge in [-0.05, 0) is 49.4 Å². The Kier molecular flexibility index (Phi) is 12.3. The molecule has 27 heavy (non-hydrogen) atoms. The van der Waals surface area contributed by atoms with Gasteiger partial charge in [-0.15, -0.1) is 0 Å². The Balaban J connectivity index is 1.92. The molecule has 160 valence electrons. The van der Waals surface area contributed by atoms with E-state index in [-0.39, 0.29) is 6.10 Å². The first-order chi connectivity index (χ1) is 12.8. The van der Waals surface area contributed by atoms with Gasteiger partial charge < -0.3 is 10.2 Å². The number of carbonyl (C=O) groups is 1. The first kappa shape index (κ1) is 24.5. The smallest absolute Gasteiger partial charge is 0.303 e. The predicted octanol–water partition coefficient (Wildman–Crippen LogP) is 6.97. The summed E-state index contributed by atoms with van der Waals surface area (Å²) in [4.78, 5) is 10.4. The maximum Gasteiger partial charge on any atom is 0.303 e. The Morgan fingerprint density at radius 3 is 1.85 bits per heavy atom. The molecule has 0 aromatic heterocycles. The molecular weight excluding hydrogens is 336 g/mol. The van der Waals surface area contributed by atoms with E-state index >= 15 is 0 Å². The maximum atomic E-state index is 10.5. The zero-order chi connectivity index (χ0) is 20.1. The minimum absolute atomic E-state index is 0.0899. The molecule has 1 aliphatic carbocycles. The van der Waals surface area contributed by atoms with Gasteiger partial charge in [0, 0.05) is 6.42 Å². The zero-order valence-electron chi connectivity index (χ0n) is 18.3. The molecule has 0 aliphatic heterocycles. The Labute approximate surface area is 168 Å². The highest BCUT2D eigenvalue weighted by molar-refractivity contribution is 5.66. The summed E-state index contributed by atoms with van der Waals surface area (Å²) in [5.41, 5.74) is 0.367. The molecule has 3 unspecified atom stereocenters. The van der Waals surface area contributed by atoms with E-state index < -0.39 is 5.97 Å². The van der Waals surface area contributed by atoms with Crippen LogP contribution in [0, 0.1) is 17.3 Å². The second kappa shape index (κ2) is 13.6. The monoisotopic (exact) mass is 382 g/mol. The number of aliphatic carboxylic acids is 1. The summed E-state index contributed by atoms with van der Waals surface area (Å²) >= 11 is 0. The van der Waals surface area contributed by atoms with Crippen molar-refractivity contribution in [3.8, 4) is 0 Å². The fraction of sp³-hybridized carbons (Fsp3) is 0.958. The van der Waals surface area contributed by atoms with Gasteiger partial charge in [0.25, 0.3) is 0 Å². The lowest BCUT2D eigenvalue weighted by molar-refractivity contribution is -0.137. The zero-order valence-corrected chi connectivity index (χ0v) is 18.3. The molecule has 3 heteroatoms. The van der Waals surface area contributed by atoms with Crippen molar-refractivity contribution < 1.29 is 15.0 Å². The van der Waals surface area contributed by atoms with E-state index in [1.54, 1.807) is 0 Å². The second-order valence-corrected chi connectivity index (χ2v) is 9.81. The summed E-state index contributed by atoms with van der Waals surface area (Å²) < 4.78 is 0. The number of hydrogen-bond donors (Lipinski definition) is 2. The lowest BCUT2D eigenvalue weighted by atomic mass is 9.65. The maximum absolute atomic E-state index is 10.5. The van der Waals surface area contributed by atoms with Gasteiger partial charge in [-0.1, -0.05) is 85.0 Å². The van der Waals surface area contributed by atoms with Crippen LogP contribution < -0.4 is 0 Å². The number of aliphatic hydroxyl groups excluding tert-OH is 1. The molecule has 3 atom stereocenters. The first-order valence-electron chi connectivity index (χ1n) is 11.7. The van der Waals surface area contributed by atoms with Gasteiger partial charge in [0.1, 0.15) is 0 Å². The summed E-state index contributed by atoms with van der Waals surface area (Å²) in [6.07, 6.45) is 18.7. The number of hydrogen-bond acceptors (Lipinski definition) is 2. The van der Waals surface area contributed by atoms with Crippen LogP contribution in [0.4, 0.5) is 0 Å². The first-order valence-corrected chi connectivity index (χ1v) is 11.7. The van der Waals surface area contributed by atoms with Crippen LogP contribution in [0.3, 0.4) is 0 Å². The van der Waals surface area contributed by atoms with E-state index in [4.69, 9.17) is 5.11 Å². The highest BCUT2D eigenvalue weighted by atomic mass is 16.4. The van der Waals surface area contributed by atoms with Crippen LogP contribution in [-0.2, 0) is 4.79 Å². The van der Waals surface area contributed by atoms with E-state index in [0.717, 1.165) is 19.3 Å². The average molecular weight is 383 g/mol. The molecule has 2 N–H and O–H groups in total. The van der Waals surface area contributed by atoms with E-state index in [1.807, 2.05) is 0 Å². The van der Waals surface area contributed by atoms with Crippen molar-refractivity contribution >= 4 is 5.97 Å². The molecule has 0 heterocycles. The van der Waals surface area contributed by atoms with Crippen molar-refractivity contribution in [3.05, 3.63) is 0 Å². The van der Waals surface area contributed by atoms with E-state index in [1.165, 1.54) is 77.0 Å². The Bertz CT molecular complexity index is 393. The number of unbranched alkanes of at least 4 members (excludes halogenated alkanes) is 10. The normalized spacial score (nSPS) is 25.8. The third-order valence-corrected chi connectivity index (χ3v) is 6.80. The van der Waals surface area contributed by atoms with E-state index in [0.29, 0.717) is 23.7 Å². The van der Waals surface area contributed by atoms with Gasteiger partial charge in [0.15, 0.2) is 0 Å². The van der Waals surface area contributed by atoms with Crippen molar-refractivity contribution in [1.82, 2.24) is 0 Å². The molecule has 1 saturated carbocycles. The Morgan fingerprint density at radius 2 is 1.41 bits per heavy atom. The van der Waals surface area contributed by atoms with Crippen molar-refractivity contribution in [3.63, 3.8) is 0 Å². The third-order valence-electron chi connectivity index (χ3n) is 6.80. The van der Waals surface area contributed by atoms with E-state index in [2.05, 4.69) is 20.8 Å². The summed E-state index contributed by atoms with van der Waals surface area (Å²) in [5.74, 6) is 0.452. The molecule has 0 spiro atoms. The minimum atomic E-state index is -0.664. The van der Waals surface area contributed by atoms with Crippen LogP contribution in [-0.4, -0.2) is 22.3 Å². The van der Waals surface area contributed by atoms with Gasteiger partial charge in [-0.2, -0.15) is 0 Å². The largest absolute Gasteiger partial charge is 0.481 e. The molecule has 0 saturated heterocycles. The van der Waals surface area contributed by atoms with Crippen LogP contribution in [0.2, 0.25) is 0 Å². The molecule has 0 aromatic rings. The summed E-state index contributed by atoms with van der Waals surface area (Å²) in [6.45, 7) is 6.88. The molecule has 0 bridgehead atoms. The van der Waals surface area contributed by atoms with Crippen LogP contribution in [0.25, 0.3) is 0 Å². The number of carboxylic acid groups (broad SMARTS) is 1. The van der Waals surface area contributed by atoms with Crippen LogP contribution >= 0.6 is 0 Å². The van der Waals surface area contributed by atoms with Crippen LogP contribution in [0.1, 0.15) is 124 Å². The van der Waals surface area contributed by atoms with E-state index in [9.17, 15) is 9.90 Å². The van der Waals surface area contributed by atoms with Gasteiger partial charge in [-0.3, -0.25) is 4.79 Å². The highest BCUT2D eigenvalue weighted by Gasteiger charge is 2.37. The minimum Gasteiger partial charge on any atom is -0.481 e. The summed E-state index contributed by atoms with van der Waals surface area (Å²) in [6, 6.07) is 0. The van der Waals surface area contributed by atoms with Gasteiger partial charge in [0.2, 0.25) is 0 Å². The number of aliphatic hydroxyl groups is 1. The summed E-state index contributed by atoms with van der Waals surface area (Å²) in [5, 5.41) is 19.1.